The largest absolute Gasteiger partial charge is 0.480 e. The van der Waals surface area contributed by atoms with Crippen LogP contribution >= 0.6 is 0 Å². The van der Waals surface area contributed by atoms with E-state index in [0.29, 0.717) is 0 Å². The van der Waals surface area contributed by atoms with Crippen LogP contribution in [0.15, 0.2) is 12.1 Å². The molecule has 0 radical (unpaired) electrons. The first-order valence-corrected chi connectivity index (χ1v) is 4.73. The average molecular weight is 240 g/mol. The Morgan fingerprint density at radius 2 is 1.94 bits per heavy atom. The highest BCUT2D eigenvalue weighted by Crippen LogP contribution is 2.25. The number of hydrogen-bond acceptors (Lipinski definition) is 3. The van der Waals surface area contributed by atoms with Crippen molar-refractivity contribution in [3.8, 4) is 6.07 Å². The van der Waals surface area contributed by atoms with Gasteiger partial charge in [0.1, 0.15) is 11.7 Å². The number of carboxylic acid groups (broad SMARTS) is 1. The van der Waals surface area contributed by atoms with Crippen molar-refractivity contribution in [1.82, 2.24) is 0 Å². The second kappa shape index (κ2) is 4.78. The molecule has 0 saturated carbocycles. The van der Waals surface area contributed by atoms with Gasteiger partial charge < -0.3 is 10.0 Å². The third kappa shape index (κ3) is 2.50. The van der Waals surface area contributed by atoms with Crippen LogP contribution in [-0.2, 0) is 4.79 Å². The number of hydrogen-bond donors (Lipinski definition) is 1. The lowest BCUT2D eigenvalue weighted by molar-refractivity contribution is -0.138. The predicted molar refractivity (Wildman–Crippen MR) is 56.6 cm³/mol. The molecule has 1 aromatic rings. The number of rotatable bonds is 3. The number of nitrogens with zero attached hydrogens (tertiary/aromatic N) is 2. The maximum Gasteiger partial charge on any atom is 0.326 e. The minimum Gasteiger partial charge on any atom is -0.480 e. The number of benzene rings is 1. The number of likely N-dealkylation sites (N-methyl/N-ethyl adjacent to an activating group) is 1. The van der Waals surface area contributed by atoms with Crippen molar-refractivity contribution in [2.24, 2.45) is 0 Å². The Bertz CT molecular complexity index is 474. The minimum atomic E-state index is -1.20. The topological polar surface area (TPSA) is 64.3 Å². The second-order valence-electron chi connectivity index (χ2n) is 3.53. The van der Waals surface area contributed by atoms with Gasteiger partial charge in [-0.1, -0.05) is 0 Å². The van der Waals surface area contributed by atoms with Gasteiger partial charge in [-0.2, -0.15) is 5.26 Å². The Balaban J connectivity index is 3.24. The van der Waals surface area contributed by atoms with Gasteiger partial charge in [0.2, 0.25) is 0 Å². The van der Waals surface area contributed by atoms with Crippen LogP contribution < -0.4 is 4.90 Å². The van der Waals surface area contributed by atoms with E-state index in [1.165, 1.54) is 14.0 Å². The van der Waals surface area contributed by atoms with E-state index >= 15 is 0 Å². The summed E-state index contributed by atoms with van der Waals surface area (Å²) in [6, 6.07) is 2.26. The Hall–Kier alpha value is -2.16. The van der Waals surface area contributed by atoms with E-state index in [4.69, 9.17) is 10.4 Å². The molecule has 1 N–H and O–H groups in total. The summed E-state index contributed by atoms with van der Waals surface area (Å²) in [6.45, 7) is 1.30. The van der Waals surface area contributed by atoms with Gasteiger partial charge in [0.25, 0.3) is 0 Å². The van der Waals surface area contributed by atoms with Crippen molar-refractivity contribution in [2.45, 2.75) is 13.0 Å². The highest BCUT2D eigenvalue weighted by molar-refractivity contribution is 5.77. The molecule has 6 heteroatoms. The predicted octanol–water partition coefficient (Wildman–Crippen LogP) is 1.75. The zero-order valence-corrected chi connectivity index (χ0v) is 9.24. The standard InChI is InChI=1S/C11H10F2N2O2/c1-6(11(16)17)15(2)10-8(12)3-7(5-14)4-9(10)13/h3-4,6H,1-2H3,(H,16,17). The molecule has 0 heterocycles. The van der Waals surface area contributed by atoms with Crippen LogP contribution in [0.2, 0.25) is 0 Å². The molecule has 17 heavy (non-hydrogen) atoms. The molecular formula is C11H10F2N2O2. The highest BCUT2D eigenvalue weighted by Gasteiger charge is 2.23. The van der Waals surface area contributed by atoms with Crippen molar-refractivity contribution in [1.29, 1.82) is 5.26 Å². The van der Waals surface area contributed by atoms with Crippen LogP contribution in [0.3, 0.4) is 0 Å². The Morgan fingerprint density at radius 1 is 1.47 bits per heavy atom. The number of nitriles is 1. The first kappa shape index (κ1) is 12.9. The van der Waals surface area contributed by atoms with Gasteiger partial charge >= 0.3 is 5.97 Å². The van der Waals surface area contributed by atoms with Crippen molar-refractivity contribution >= 4 is 11.7 Å². The molecule has 1 atom stereocenters. The minimum absolute atomic E-state index is 0.153. The fourth-order valence-corrected chi connectivity index (χ4v) is 1.33. The molecule has 0 spiro atoms. The smallest absolute Gasteiger partial charge is 0.326 e. The van der Waals surface area contributed by atoms with E-state index in [1.54, 1.807) is 6.07 Å². The summed E-state index contributed by atoms with van der Waals surface area (Å²) in [4.78, 5) is 11.7. The summed E-state index contributed by atoms with van der Waals surface area (Å²) in [5.41, 5.74) is -0.612. The average Bonchev–Trinajstić information content (AvgIpc) is 2.26. The molecule has 0 saturated heterocycles. The van der Waals surface area contributed by atoms with Gasteiger partial charge in [-0.15, -0.1) is 0 Å². The van der Waals surface area contributed by atoms with Gasteiger partial charge in [0.15, 0.2) is 11.6 Å². The SMILES string of the molecule is CC(C(=O)O)N(C)c1c(F)cc(C#N)cc1F. The summed E-state index contributed by atoms with van der Waals surface area (Å²) in [5.74, 6) is -3.12. The van der Waals surface area contributed by atoms with Crippen LogP contribution in [0, 0.1) is 23.0 Å². The monoisotopic (exact) mass is 240 g/mol. The molecule has 1 unspecified atom stereocenters. The van der Waals surface area contributed by atoms with Crippen LogP contribution in [-0.4, -0.2) is 24.2 Å². The molecule has 90 valence electrons. The number of aliphatic carboxylic acids is 1. The Morgan fingerprint density at radius 3 is 2.29 bits per heavy atom. The second-order valence-corrected chi connectivity index (χ2v) is 3.53. The molecular weight excluding hydrogens is 230 g/mol. The van der Waals surface area contributed by atoms with Crippen molar-refractivity contribution in [2.75, 3.05) is 11.9 Å². The van der Waals surface area contributed by atoms with E-state index in [-0.39, 0.29) is 5.56 Å². The molecule has 4 nitrogen and oxygen atoms in total. The summed E-state index contributed by atoms with van der Waals surface area (Å²) in [5, 5.41) is 17.3. The highest BCUT2D eigenvalue weighted by atomic mass is 19.1. The zero-order chi connectivity index (χ0) is 13.2. The summed E-state index contributed by atoms with van der Waals surface area (Å²) in [6.07, 6.45) is 0. The van der Waals surface area contributed by atoms with Crippen LogP contribution in [0.25, 0.3) is 0 Å². The van der Waals surface area contributed by atoms with Crippen molar-refractivity contribution < 1.29 is 18.7 Å². The normalized spacial score (nSPS) is 11.7. The van der Waals surface area contributed by atoms with Gasteiger partial charge in [0.05, 0.1) is 11.6 Å². The Labute approximate surface area is 96.7 Å². The summed E-state index contributed by atoms with van der Waals surface area (Å²) < 4.78 is 27.1. The van der Waals surface area contributed by atoms with Crippen molar-refractivity contribution in [3.63, 3.8) is 0 Å². The first-order valence-electron chi connectivity index (χ1n) is 4.73. The molecule has 0 bridgehead atoms. The molecule has 0 fully saturated rings. The molecule has 0 aliphatic rings. The van der Waals surface area contributed by atoms with Crippen LogP contribution in [0.1, 0.15) is 12.5 Å². The molecule has 0 amide bonds. The van der Waals surface area contributed by atoms with Crippen molar-refractivity contribution in [3.05, 3.63) is 29.3 Å². The van der Waals surface area contributed by atoms with Crippen LogP contribution in [0.5, 0.6) is 0 Å². The number of carbonyl (C=O) groups is 1. The fraction of sp³-hybridized carbons (Fsp3) is 0.273. The Kier molecular flexibility index (Phi) is 3.63. The van der Waals surface area contributed by atoms with Gasteiger partial charge in [0, 0.05) is 7.05 Å². The number of anilines is 1. The third-order valence-electron chi connectivity index (χ3n) is 2.44. The van der Waals surface area contributed by atoms with Gasteiger partial charge in [-0.25, -0.2) is 13.6 Å². The lowest BCUT2D eigenvalue weighted by Crippen LogP contribution is -2.36. The van der Waals surface area contributed by atoms with E-state index in [9.17, 15) is 13.6 Å². The molecule has 1 aromatic carbocycles. The molecule has 0 aliphatic heterocycles. The lowest BCUT2D eigenvalue weighted by atomic mass is 10.1. The van der Waals surface area contributed by atoms with Gasteiger partial charge in [-0.3, -0.25) is 0 Å². The third-order valence-corrected chi connectivity index (χ3v) is 2.44. The van der Waals surface area contributed by atoms with E-state index in [2.05, 4.69) is 0 Å². The van der Waals surface area contributed by atoms with Crippen LogP contribution in [0.4, 0.5) is 14.5 Å². The lowest BCUT2D eigenvalue weighted by Gasteiger charge is -2.24. The first-order chi connectivity index (χ1) is 7.88. The summed E-state index contributed by atoms with van der Waals surface area (Å²) >= 11 is 0. The number of carboxylic acids is 1. The summed E-state index contributed by atoms with van der Waals surface area (Å²) in [7, 11) is 1.27. The quantitative estimate of drug-likeness (QED) is 0.874. The maximum absolute atomic E-state index is 13.5. The number of halogens is 2. The van der Waals surface area contributed by atoms with E-state index in [0.717, 1.165) is 17.0 Å². The fourth-order valence-electron chi connectivity index (χ4n) is 1.33. The zero-order valence-electron chi connectivity index (χ0n) is 9.24. The van der Waals surface area contributed by atoms with E-state index < -0.39 is 29.3 Å². The molecule has 0 aromatic heterocycles. The van der Waals surface area contributed by atoms with E-state index in [1.807, 2.05) is 0 Å². The molecule has 1 rings (SSSR count). The maximum atomic E-state index is 13.5. The molecule has 0 aliphatic carbocycles. The van der Waals surface area contributed by atoms with Gasteiger partial charge in [-0.05, 0) is 19.1 Å².